The Balaban J connectivity index is 3.24. The number of hydrogen-bond acceptors (Lipinski definition) is 3. The Hall–Kier alpha value is -2.03. The van der Waals surface area contributed by atoms with Crippen LogP contribution in [0.15, 0.2) is 53.8 Å². The highest BCUT2D eigenvalue weighted by molar-refractivity contribution is 6.13. The van der Waals surface area contributed by atoms with E-state index in [1.807, 2.05) is 25.1 Å². The molecule has 0 aliphatic rings. The molecule has 0 aliphatic heterocycles. The molecule has 132 valence electrons. The summed E-state index contributed by atoms with van der Waals surface area (Å²) in [5, 5.41) is 4.12. The molecule has 0 spiro atoms. The van der Waals surface area contributed by atoms with E-state index in [4.69, 9.17) is 5.84 Å². The number of nitrogens with zero attached hydrogens (tertiary/aromatic N) is 2. The van der Waals surface area contributed by atoms with Crippen LogP contribution in [0.1, 0.15) is 50.7 Å². The molecule has 1 aromatic carbocycles. The summed E-state index contributed by atoms with van der Waals surface area (Å²) < 4.78 is 0. The van der Waals surface area contributed by atoms with Gasteiger partial charge in [-0.05, 0) is 24.0 Å². The van der Waals surface area contributed by atoms with Gasteiger partial charge >= 0.3 is 0 Å². The van der Waals surface area contributed by atoms with Gasteiger partial charge in [-0.3, -0.25) is 0 Å². The Morgan fingerprint density at radius 2 is 1.83 bits per heavy atom. The Bertz CT molecular complexity index is 564. The fourth-order valence-corrected chi connectivity index (χ4v) is 3.23. The standard InChI is InChI=1S/C21H33N3/c1-6-11-17(12-7-2)16-18-14-9-10-15-19(18)21(23-22)20(13-8-3)24(4)5/h8-10,13-15,17H,3,6-7,11-12,16,22H2,1-2,4-5H3/b20-13-,23-21+. The lowest BCUT2D eigenvalue weighted by molar-refractivity contribution is 0.438. The third kappa shape index (κ3) is 5.55. The van der Waals surface area contributed by atoms with Crippen LogP contribution in [0.5, 0.6) is 0 Å². The van der Waals surface area contributed by atoms with Crippen molar-refractivity contribution in [3.8, 4) is 0 Å². The summed E-state index contributed by atoms with van der Waals surface area (Å²) in [6, 6.07) is 8.49. The summed E-state index contributed by atoms with van der Waals surface area (Å²) in [5.41, 5.74) is 4.24. The maximum Gasteiger partial charge on any atom is 0.113 e. The Labute approximate surface area is 147 Å². The number of benzene rings is 1. The lowest BCUT2D eigenvalue weighted by Crippen LogP contribution is -2.23. The molecule has 0 atom stereocenters. The van der Waals surface area contributed by atoms with Crippen LogP contribution < -0.4 is 5.84 Å². The van der Waals surface area contributed by atoms with Gasteiger partial charge in [-0.1, -0.05) is 76.5 Å². The average molecular weight is 328 g/mol. The molecule has 1 rings (SSSR count). The predicted molar refractivity (Wildman–Crippen MR) is 106 cm³/mol. The van der Waals surface area contributed by atoms with Crippen LogP contribution in [0.4, 0.5) is 0 Å². The Morgan fingerprint density at radius 1 is 1.21 bits per heavy atom. The van der Waals surface area contributed by atoms with Crippen molar-refractivity contribution >= 4 is 5.71 Å². The highest BCUT2D eigenvalue weighted by Crippen LogP contribution is 2.24. The molecule has 0 heterocycles. The summed E-state index contributed by atoms with van der Waals surface area (Å²) in [4.78, 5) is 2.03. The van der Waals surface area contributed by atoms with Gasteiger partial charge in [0.15, 0.2) is 0 Å². The molecule has 24 heavy (non-hydrogen) atoms. The molecule has 0 unspecified atom stereocenters. The summed E-state index contributed by atoms with van der Waals surface area (Å²) >= 11 is 0. The van der Waals surface area contributed by atoms with E-state index in [-0.39, 0.29) is 0 Å². The van der Waals surface area contributed by atoms with Gasteiger partial charge in [0.2, 0.25) is 0 Å². The molecule has 0 amide bonds. The Kier molecular flexibility index (Phi) is 8.92. The van der Waals surface area contributed by atoms with Gasteiger partial charge in [-0.2, -0.15) is 5.10 Å². The zero-order valence-electron chi connectivity index (χ0n) is 15.8. The minimum atomic E-state index is 0.714. The van der Waals surface area contributed by atoms with E-state index in [2.05, 4.69) is 49.8 Å². The van der Waals surface area contributed by atoms with E-state index in [0.717, 1.165) is 23.4 Å². The van der Waals surface area contributed by atoms with Crippen molar-refractivity contribution in [3.63, 3.8) is 0 Å². The molecule has 0 bridgehead atoms. The van der Waals surface area contributed by atoms with Crippen LogP contribution in [0.25, 0.3) is 0 Å². The second kappa shape index (κ2) is 10.7. The molecule has 0 fully saturated rings. The van der Waals surface area contributed by atoms with E-state index in [9.17, 15) is 0 Å². The molecule has 0 radical (unpaired) electrons. The van der Waals surface area contributed by atoms with E-state index in [1.54, 1.807) is 6.08 Å². The lowest BCUT2D eigenvalue weighted by atomic mass is 9.87. The minimum absolute atomic E-state index is 0.714. The summed E-state index contributed by atoms with van der Waals surface area (Å²) in [7, 11) is 4.00. The van der Waals surface area contributed by atoms with Crippen molar-refractivity contribution in [3.05, 3.63) is 59.8 Å². The second-order valence-corrected chi connectivity index (χ2v) is 6.46. The van der Waals surface area contributed by atoms with Crippen molar-refractivity contribution in [2.45, 2.75) is 46.0 Å². The summed E-state index contributed by atoms with van der Waals surface area (Å²) in [5.74, 6) is 6.49. The van der Waals surface area contributed by atoms with Crippen LogP contribution in [0.3, 0.4) is 0 Å². The fourth-order valence-electron chi connectivity index (χ4n) is 3.23. The second-order valence-electron chi connectivity index (χ2n) is 6.46. The molecule has 3 nitrogen and oxygen atoms in total. The molecule has 0 saturated heterocycles. The van der Waals surface area contributed by atoms with Crippen molar-refractivity contribution in [1.82, 2.24) is 4.90 Å². The molecular formula is C21H33N3. The smallest absolute Gasteiger partial charge is 0.113 e. The third-order valence-corrected chi connectivity index (χ3v) is 4.30. The SMILES string of the molecule is C=C/C=C(/C(=N/N)c1ccccc1CC(CCC)CCC)N(C)C. The molecule has 3 heteroatoms. The van der Waals surface area contributed by atoms with Crippen molar-refractivity contribution in [2.75, 3.05) is 14.1 Å². The first-order valence-corrected chi connectivity index (χ1v) is 8.95. The van der Waals surface area contributed by atoms with E-state index in [1.165, 1.54) is 31.2 Å². The minimum Gasteiger partial charge on any atom is -0.376 e. The average Bonchev–Trinajstić information content (AvgIpc) is 2.56. The van der Waals surface area contributed by atoms with Crippen LogP contribution in [0, 0.1) is 5.92 Å². The van der Waals surface area contributed by atoms with Gasteiger partial charge in [-0.15, -0.1) is 0 Å². The first-order valence-electron chi connectivity index (χ1n) is 8.95. The number of rotatable bonds is 10. The number of hydrazone groups is 1. The summed E-state index contributed by atoms with van der Waals surface area (Å²) in [6.45, 7) is 8.34. The predicted octanol–water partition coefficient (Wildman–Crippen LogP) is 4.74. The normalized spacial score (nSPS) is 12.5. The number of allylic oxidation sites excluding steroid dienone is 3. The summed E-state index contributed by atoms with van der Waals surface area (Å²) in [6.07, 6.45) is 9.79. The highest BCUT2D eigenvalue weighted by Gasteiger charge is 2.17. The first kappa shape index (κ1) is 20.0. The van der Waals surface area contributed by atoms with Gasteiger partial charge in [0.1, 0.15) is 5.71 Å². The van der Waals surface area contributed by atoms with Gasteiger partial charge in [0.05, 0.1) is 5.70 Å². The van der Waals surface area contributed by atoms with E-state index in [0.29, 0.717) is 5.92 Å². The van der Waals surface area contributed by atoms with Crippen LogP contribution in [-0.4, -0.2) is 24.7 Å². The highest BCUT2D eigenvalue weighted by atomic mass is 15.2. The molecular weight excluding hydrogens is 294 g/mol. The zero-order chi connectivity index (χ0) is 17.9. The molecule has 2 N–H and O–H groups in total. The lowest BCUT2D eigenvalue weighted by Gasteiger charge is -2.22. The number of likely N-dealkylation sites (N-methyl/N-ethyl adjacent to an activating group) is 1. The van der Waals surface area contributed by atoms with Gasteiger partial charge < -0.3 is 10.7 Å². The number of hydrogen-bond donors (Lipinski definition) is 1. The van der Waals surface area contributed by atoms with Crippen LogP contribution in [0.2, 0.25) is 0 Å². The van der Waals surface area contributed by atoms with Crippen LogP contribution in [-0.2, 0) is 6.42 Å². The quantitative estimate of drug-likeness (QED) is 0.292. The Morgan fingerprint density at radius 3 is 2.33 bits per heavy atom. The van der Waals surface area contributed by atoms with Gasteiger partial charge in [-0.25, -0.2) is 0 Å². The van der Waals surface area contributed by atoms with E-state index < -0.39 is 0 Å². The molecule has 0 aromatic heterocycles. The topological polar surface area (TPSA) is 41.6 Å². The first-order chi connectivity index (χ1) is 11.6. The van der Waals surface area contributed by atoms with Crippen molar-refractivity contribution in [1.29, 1.82) is 0 Å². The van der Waals surface area contributed by atoms with Crippen molar-refractivity contribution in [2.24, 2.45) is 16.9 Å². The molecule has 0 aliphatic carbocycles. The van der Waals surface area contributed by atoms with Crippen molar-refractivity contribution < 1.29 is 0 Å². The fraction of sp³-hybridized carbons (Fsp3) is 0.476. The third-order valence-electron chi connectivity index (χ3n) is 4.30. The van der Waals surface area contributed by atoms with Gasteiger partial charge in [0, 0.05) is 19.7 Å². The van der Waals surface area contributed by atoms with Gasteiger partial charge in [0.25, 0.3) is 0 Å². The molecule has 1 aromatic rings. The maximum atomic E-state index is 5.78. The zero-order valence-corrected chi connectivity index (χ0v) is 15.8. The number of nitrogens with two attached hydrogens (primary N) is 1. The van der Waals surface area contributed by atoms with Crippen LogP contribution >= 0.6 is 0 Å². The molecule has 0 saturated carbocycles. The monoisotopic (exact) mass is 327 g/mol. The van der Waals surface area contributed by atoms with E-state index >= 15 is 0 Å². The maximum absolute atomic E-state index is 5.78. The largest absolute Gasteiger partial charge is 0.376 e.